The van der Waals surface area contributed by atoms with Gasteiger partial charge in [-0.15, -0.1) is 0 Å². The van der Waals surface area contributed by atoms with Gasteiger partial charge in [-0.2, -0.15) is 0 Å². The fourth-order valence-electron chi connectivity index (χ4n) is 1.81. The normalized spacial score (nSPS) is 28.4. The first-order chi connectivity index (χ1) is 5.15. The van der Waals surface area contributed by atoms with E-state index in [1.807, 2.05) is 0 Å². The van der Waals surface area contributed by atoms with Gasteiger partial charge in [0.25, 0.3) is 0 Å². The van der Waals surface area contributed by atoms with Crippen molar-refractivity contribution in [1.82, 2.24) is 0 Å². The molecular formula is C11H16. The first-order valence-corrected chi connectivity index (χ1v) is 4.18. The van der Waals surface area contributed by atoms with Gasteiger partial charge in [-0.05, 0) is 37.8 Å². The van der Waals surface area contributed by atoms with Gasteiger partial charge in [0.2, 0.25) is 0 Å². The van der Waals surface area contributed by atoms with Gasteiger partial charge < -0.3 is 0 Å². The van der Waals surface area contributed by atoms with Gasteiger partial charge >= 0.3 is 0 Å². The largest absolute Gasteiger partial charge is 0.0836 e. The predicted octanol–water partition coefficient (Wildman–Crippen LogP) is 3.48. The van der Waals surface area contributed by atoms with Crippen LogP contribution in [0.15, 0.2) is 34.9 Å². The number of allylic oxidation sites excluding steroid dienone is 6. The lowest BCUT2D eigenvalue weighted by atomic mass is 9.87. The molecule has 0 aromatic rings. The van der Waals surface area contributed by atoms with E-state index in [9.17, 15) is 0 Å². The van der Waals surface area contributed by atoms with Crippen molar-refractivity contribution in [3.8, 4) is 0 Å². The maximum atomic E-state index is 2.31. The molecular weight excluding hydrogens is 132 g/mol. The number of hydrogen-bond acceptors (Lipinski definition) is 0. The highest BCUT2D eigenvalue weighted by molar-refractivity contribution is 5.43. The Bertz CT molecular complexity index is 239. The van der Waals surface area contributed by atoms with Crippen LogP contribution in [0.2, 0.25) is 0 Å². The molecule has 1 rings (SSSR count). The summed E-state index contributed by atoms with van der Waals surface area (Å²) in [7, 11) is 0. The summed E-state index contributed by atoms with van der Waals surface area (Å²) in [4.78, 5) is 0. The Kier molecular flexibility index (Phi) is 2.33. The Morgan fingerprint density at radius 2 is 2.00 bits per heavy atom. The van der Waals surface area contributed by atoms with Crippen LogP contribution in [0.3, 0.4) is 0 Å². The van der Waals surface area contributed by atoms with Crippen LogP contribution in [-0.2, 0) is 0 Å². The van der Waals surface area contributed by atoms with Crippen molar-refractivity contribution < 1.29 is 0 Å². The minimum Gasteiger partial charge on any atom is -0.0836 e. The minimum absolute atomic E-state index is 0.602. The summed E-state index contributed by atoms with van der Waals surface area (Å²) < 4.78 is 0. The highest BCUT2D eigenvalue weighted by Crippen LogP contribution is 2.27. The molecule has 0 aromatic carbocycles. The quantitative estimate of drug-likeness (QED) is 0.493. The molecule has 60 valence electrons. The highest BCUT2D eigenvalue weighted by atomic mass is 14.2. The monoisotopic (exact) mass is 148 g/mol. The van der Waals surface area contributed by atoms with E-state index in [0.717, 1.165) is 0 Å². The van der Waals surface area contributed by atoms with E-state index in [0.29, 0.717) is 5.92 Å². The van der Waals surface area contributed by atoms with E-state index in [-0.39, 0.29) is 0 Å². The molecule has 0 N–H and O–H groups in total. The Labute approximate surface area is 69.3 Å². The molecule has 0 nitrogen and oxygen atoms in total. The molecule has 1 aliphatic carbocycles. The van der Waals surface area contributed by atoms with Crippen LogP contribution in [0.1, 0.15) is 27.7 Å². The van der Waals surface area contributed by atoms with Crippen molar-refractivity contribution in [1.29, 1.82) is 0 Å². The molecule has 0 saturated carbocycles. The second-order valence-electron chi connectivity index (χ2n) is 3.27. The summed E-state index contributed by atoms with van der Waals surface area (Å²) in [6.07, 6.45) is 6.76. The number of hydrogen-bond donors (Lipinski definition) is 0. The van der Waals surface area contributed by atoms with Gasteiger partial charge in [0.15, 0.2) is 0 Å². The molecule has 1 atom stereocenters. The molecule has 1 aliphatic rings. The lowest BCUT2D eigenvalue weighted by Gasteiger charge is -2.18. The van der Waals surface area contributed by atoms with Crippen molar-refractivity contribution >= 4 is 0 Å². The van der Waals surface area contributed by atoms with Gasteiger partial charge in [0, 0.05) is 0 Å². The topological polar surface area (TPSA) is 0 Å². The van der Waals surface area contributed by atoms with Gasteiger partial charge in [-0.25, -0.2) is 0 Å². The smallest absolute Gasteiger partial charge is 0.000537 e. The molecule has 0 heterocycles. The van der Waals surface area contributed by atoms with E-state index in [2.05, 4.69) is 45.9 Å². The number of rotatable bonds is 0. The van der Waals surface area contributed by atoms with Gasteiger partial charge in [-0.3, -0.25) is 0 Å². The minimum atomic E-state index is 0.602. The summed E-state index contributed by atoms with van der Waals surface area (Å²) in [5, 5.41) is 0. The van der Waals surface area contributed by atoms with Gasteiger partial charge in [0.05, 0.1) is 0 Å². The second-order valence-corrected chi connectivity index (χ2v) is 3.27. The summed E-state index contributed by atoms with van der Waals surface area (Å²) in [6, 6.07) is 0. The third-order valence-corrected chi connectivity index (χ3v) is 2.21. The highest BCUT2D eigenvalue weighted by Gasteiger charge is 2.10. The zero-order valence-electron chi connectivity index (χ0n) is 7.81. The molecule has 0 aromatic heterocycles. The Morgan fingerprint density at radius 3 is 2.45 bits per heavy atom. The maximum Gasteiger partial charge on any atom is -0.000537 e. The molecule has 0 heteroatoms. The van der Waals surface area contributed by atoms with Crippen LogP contribution in [0.4, 0.5) is 0 Å². The van der Waals surface area contributed by atoms with Gasteiger partial charge in [-0.1, -0.05) is 30.7 Å². The molecule has 0 amide bonds. The van der Waals surface area contributed by atoms with Crippen LogP contribution in [-0.4, -0.2) is 0 Å². The fourth-order valence-corrected chi connectivity index (χ4v) is 1.81. The van der Waals surface area contributed by atoms with E-state index in [1.54, 1.807) is 0 Å². The fraction of sp³-hybridized carbons (Fsp3) is 0.455. The Morgan fingerprint density at radius 1 is 1.36 bits per heavy atom. The van der Waals surface area contributed by atoms with Crippen LogP contribution >= 0.6 is 0 Å². The first-order valence-electron chi connectivity index (χ1n) is 4.18. The van der Waals surface area contributed by atoms with Crippen molar-refractivity contribution in [2.45, 2.75) is 27.7 Å². The van der Waals surface area contributed by atoms with Crippen molar-refractivity contribution in [3.05, 3.63) is 34.9 Å². The average molecular weight is 148 g/mol. The van der Waals surface area contributed by atoms with Crippen LogP contribution in [0.25, 0.3) is 0 Å². The van der Waals surface area contributed by atoms with Crippen molar-refractivity contribution in [3.63, 3.8) is 0 Å². The zero-order chi connectivity index (χ0) is 8.43. The SMILES string of the molecule is C/C=C1/C(C)=CC(C)=CC1C. The Balaban J connectivity index is 3.01. The van der Waals surface area contributed by atoms with Crippen molar-refractivity contribution in [2.24, 2.45) is 5.92 Å². The van der Waals surface area contributed by atoms with Crippen LogP contribution in [0, 0.1) is 5.92 Å². The van der Waals surface area contributed by atoms with Gasteiger partial charge in [0.1, 0.15) is 0 Å². The third-order valence-electron chi connectivity index (χ3n) is 2.21. The lowest BCUT2D eigenvalue weighted by Crippen LogP contribution is -2.02. The molecule has 0 fully saturated rings. The molecule has 0 bridgehead atoms. The predicted molar refractivity (Wildman–Crippen MR) is 50.4 cm³/mol. The van der Waals surface area contributed by atoms with E-state index >= 15 is 0 Å². The summed E-state index contributed by atoms with van der Waals surface area (Å²) in [6.45, 7) is 8.70. The molecule has 0 aliphatic heterocycles. The summed E-state index contributed by atoms with van der Waals surface area (Å²) in [5.41, 5.74) is 4.27. The average Bonchev–Trinajstić information content (AvgIpc) is 1.85. The molecule has 11 heavy (non-hydrogen) atoms. The van der Waals surface area contributed by atoms with Crippen LogP contribution in [0.5, 0.6) is 0 Å². The summed E-state index contributed by atoms with van der Waals surface area (Å²) in [5.74, 6) is 0.602. The third kappa shape index (κ3) is 1.62. The second kappa shape index (κ2) is 3.08. The van der Waals surface area contributed by atoms with E-state index in [1.165, 1.54) is 16.7 Å². The molecule has 0 saturated heterocycles. The molecule has 1 unspecified atom stereocenters. The van der Waals surface area contributed by atoms with Crippen LogP contribution < -0.4 is 0 Å². The van der Waals surface area contributed by atoms with E-state index in [4.69, 9.17) is 0 Å². The zero-order valence-corrected chi connectivity index (χ0v) is 7.81. The maximum absolute atomic E-state index is 2.31. The lowest BCUT2D eigenvalue weighted by molar-refractivity contribution is 0.847. The van der Waals surface area contributed by atoms with Crippen molar-refractivity contribution in [2.75, 3.05) is 0 Å². The molecule has 0 radical (unpaired) electrons. The standard InChI is InChI=1S/C11H16/c1-5-11-9(3)6-8(2)7-10(11)4/h5-7,9H,1-4H3/b11-5+. The van der Waals surface area contributed by atoms with E-state index < -0.39 is 0 Å². The first kappa shape index (κ1) is 8.32. The molecule has 0 spiro atoms. The Hall–Kier alpha value is -0.780. The summed E-state index contributed by atoms with van der Waals surface area (Å²) >= 11 is 0.